The number of ketones is 1. The average Bonchev–Trinajstić information content (AvgIpc) is 2.98. The molecule has 0 N–H and O–H groups in total. The molecule has 0 fully saturated rings. The first kappa shape index (κ1) is 17.9. The maximum atomic E-state index is 12.5. The maximum absolute atomic E-state index is 12.5. The molecule has 0 aliphatic heterocycles. The summed E-state index contributed by atoms with van der Waals surface area (Å²) in [6, 6.07) is 11.3. The van der Waals surface area contributed by atoms with E-state index in [-0.39, 0.29) is 12.2 Å². The van der Waals surface area contributed by atoms with Gasteiger partial charge in [0.15, 0.2) is 6.10 Å². The van der Waals surface area contributed by atoms with Crippen LogP contribution in [0.4, 0.5) is 0 Å². The van der Waals surface area contributed by atoms with Gasteiger partial charge in [0.25, 0.3) is 0 Å². The lowest BCUT2D eigenvalue weighted by Gasteiger charge is -2.13. The number of carbonyl (C=O) groups excluding carboxylic acids is 2. The zero-order chi connectivity index (χ0) is 18.8. The monoisotopic (exact) mass is 350 g/mol. The van der Waals surface area contributed by atoms with Crippen molar-refractivity contribution in [2.75, 3.05) is 0 Å². The van der Waals surface area contributed by atoms with Crippen LogP contribution in [0.25, 0.3) is 11.0 Å². The predicted octanol–water partition coefficient (Wildman–Crippen LogP) is 4.72. The van der Waals surface area contributed by atoms with Crippen LogP contribution in [-0.4, -0.2) is 17.9 Å². The molecular weight excluding hydrogens is 328 g/mol. The van der Waals surface area contributed by atoms with Crippen molar-refractivity contribution in [1.29, 1.82) is 0 Å². The molecule has 1 aromatic heterocycles. The number of Topliss-reactive ketones (excluding diaryl/α,β-unsaturated/α-hetero) is 1. The zero-order valence-corrected chi connectivity index (χ0v) is 15.5. The van der Waals surface area contributed by atoms with Gasteiger partial charge in [-0.1, -0.05) is 24.3 Å². The summed E-state index contributed by atoms with van der Waals surface area (Å²) in [5, 5.41) is 0.890. The molecule has 0 saturated carbocycles. The highest BCUT2D eigenvalue weighted by atomic mass is 16.5. The van der Waals surface area contributed by atoms with E-state index in [0.29, 0.717) is 5.56 Å². The molecule has 0 saturated heterocycles. The highest BCUT2D eigenvalue weighted by molar-refractivity contribution is 6.00. The van der Waals surface area contributed by atoms with Crippen LogP contribution in [0.15, 0.2) is 47.1 Å². The van der Waals surface area contributed by atoms with E-state index in [4.69, 9.17) is 9.15 Å². The lowest BCUT2D eigenvalue weighted by molar-refractivity contribution is -0.145. The van der Waals surface area contributed by atoms with Crippen molar-refractivity contribution < 1.29 is 18.7 Å². The first-order valence-corrected chi connectivity index (χ1v) is 8.63. The molecule has 0 amide bonds. The summed E-state index contributed by atoms with van der Waals surface area (Å²) in [5.74, 6) is -0.646. The van der Waals surface area contributed by atoms with Gasteiger partial charge in [-0.25, -0.2) is 0 Å². The number of esters is 1. The largest absolute Gasteiger partial charge is 0.464 e. The number of benzene rings is 2. The van der Waals surface area contributed by atoms with Crippen molar-refractivity contribution >= 4 is 22.7 Å². The molecule has 134 valence electrons. The normalized spacial score (nSPS) is 12.2. The summed E-state index contributed by atoms with van der Waals surface area (Å²) >= 11 is 0. The van der Waals surface area contributed by atoms with E-state index in [0.717, 1.165) is 33.2 Å². The summed E-state index contributed by atoms with van der Waals surface area (Å²) in [5.41, 5.74) is 5.30. The Labute approximate surface area is 152 Å². The van der Waals surface area contributed by atoms with Crippen LogP contribution in [0, 0.1) is 20.8 Å². The fourth-order valence-electron chi connectivity index (χ4n) is 2.90. The minimum Gasteiger partial charge on any atom is -0.464 e. The molecule has 4 heteroatoms. The number of fused-ring (bicyclic) bond motifs is 1. The number of furan rings is 1. The minimum absolute atomic E-state index is 0.0700. The van der Waals surface area contributed by atoms with Gasteiger partial charge in [-0.3, -0.25) is 9.59 Å². The highest BCUT2D eigenvalue weighted by Gasteiger charge is 2.21. The van der Waals surface area contributed by atoms with E-state index in [2.05, 4.69) is 0 Å². The van der Waals surface area contributed by atoms with Crippen LogP contribution < -0.4 is 0 Å². The molecule has 1 atom stereocenters. The van der Waals surface area contributed by atoms with Gasteiger partial charge in [-0.15, -0.1) is 0 Å². The first-order chi connectivity index (χ1) is 12.3. The SMILES string of the molecule is Cc1ccc2c(CC(=O)O[C@H](C)C(=O)c3ccc(C)c(C)c3)coc2c1. The van der Waals surface area contributed by atoms with Crippen molar-refractivity contribution in [1.82, 2.24) is 0 Å². The van der Waals surface area contributed by atoms with E-state index in [1.54, 1.807) is 19.3 Å². The Hall–Kier alpha value is -2.88. The Morgan fingerprint density at radius 3 is 2.54 bits per heavy atom. The number of carbonyl (C=O) groups is 2. The fraction of sp³-hybridized carbons (Fsp3) is 0.273. The number of ether oxygens (including phenoxy) is 1. The summed E-state index contributed by atoms with van der Waals surface area (Å²) in [7, 11) is 0. The quantitative estimate of drug-likeness (QED) is 0.494. The number of hydrogen-bond donors (Lipinski definition) is 0. The number of aryl methyl sites for hydroxylation is 3. The molecule has 0 radical (unpaired) electrons. The van der Waals surface area contributed by atoms with Crippen LogP contribution in [0.5, 0.6) is 0 Å². The molecular formula is C22H22O4. The summed E-state index contributed by atoms with van der Waals surface area (Å²) in [4.78, 5) is 24.8. The molecule has 1 heterocycles. The molecule has 2 aromatic carbocycles. The van der Waals surface area contributed by atoms with Crippen LogP contribution in [0.3, 0.4) is 0 Å². The lowest BCUT2D eigenvalue weighted by Crippen LogP contribution is -2.25. The van der Waals surface area contributed by atoms with E-state index in [1.165, 1.54) is 0 Å². The van der Waals surface area contributed by atoms with Crippen LogP contribution in [0.2, 0.25) is 0 Å². The first-order valence-electron chi connectivity index (χ1n) is 8.63. The van der Waals surface area contributed by atoms with Gasteiger partial charge >= 0.3 is 5.97 Å². The summed E-state index contributed by atoms with van der Waals surface area (Å²) < 4.78 is 10.9. The Kier molecular flexibility index (Phi) is 4.94. The van der Waals surface area contributed by atoms with Gasteiger partial charge in [-0.05, 0) is 56.5 Å². The molecule has 3 rings (SSSR count). The van der Waals surface area contributed by atoms with Gasteiger partial charge in [0.2, 0.25) is 5.78 Å². The molecule has 3 aromatic rings. The van der Waals surface area contributed by atoms with E-state index in [1.807, 2.05) is 51.1 Å². The maximum Gasteiger partial charge on any atom is 0.311 e. The van der Waals surface area contributed by atoms with Crippen molar-refractivity contribution in [2.24, 2.45) is 0 Å². The minimum atomic E-state index is -0.829. The molecule has 0 bridgehead atoms. The van der Waals surface area contributed by atoms with E-state index >= 15 is 0 Å². The second-order valence-electron chi connectivity index (χ2n) is 6.73. The summed E-state index contributed by atoms with van der Waals surface area (Å²) in [6.07, 6.45) is 0.812. The highest BCUT2D eigenvalue weighted by Crippen LogP contribution is 2.23. The van der Waals surface area contributed by atoms with E-state index in [9.17, 15) is 9.59 Å². The van der Waals surface area contributed by atoms with Gasteiger partial charge in [0, 0.05) is 16.5 Å². The van der Waals surface area contributed by atoms with Crippen molar-refractivity contribution in [2.45, 2.75) is 40.2 Å². The molecule has 0 spiro atoms. The van der Waals surface area contributed by atoms with Crippen LogP contribution >= 0.6 is 0 Å². The predicted molar refractivity (Wildman–Crippen MR) is 100 cm³/mol. The Balaban J connectivity index is 1.68. The fourth-order valence-corrected chi connectivity index (χ4v) is 2.90. The second-order valence-corrected chi connectivity index (χ2v) is 6.73. The molecule has 26 heavy (non-hydrogen) atoms. The average molecular weight is 350 g/mol. The third kappa shape index (κ3) is 3.69. The van der Waals surface area contributed by atoms with E-state index < -0.39 is 12.1 Å². The third-order valence-corrected chi connectivity index (χ3v) is 4.61. The van der Waals surface area contributed by atoms with Gasteiger partial charge in [-0.2, -0.15) is 0 Å². The number of rotatable bonds is 5. The van der Waals surface area contributed by atoms with Crippen LogP contribution in [0.1, 0.15) is 39.5 Å². The Morgan fingerprint density at radius 1 is 1.04 bits per heavy atom. The smallest absolute Gasteiger partial charge is 0.311 e. The van der Waals surface area contributed by atoms with Crippen molar-refractivity contribution in [3.8, 4) is 0 Å². The van der Waals surface area contributed by atoms with Gasteiger partial charge < -0.3 is 9.15 Å². The molecule has 0 unspecified atom stereocenters. The van der Waals surface area contributed by atoms with Gasteiger partial charge in [0.1, 0.15) is 5.58 Å². The Morgan fingerprint density at radius 2 is 1.81 bits per heavy atom. The zero-order valence-electron chi connectivity index (χ0n) is 15.5. The lowest BCUT2D eigenvalue weighted by atomic mass is 10.0. The topological polar surface area (TPSA) is 56.5 Å². The second kappa shape index (κ2) is 7.16. The summed E-state index contributed by atoms with van der Waals surface area (Å²) in [6.45, 7) is 7.53. The third-order valence-electron chi connectivity index (χ3n) is 4.61. The molecule has 4 nitrogen and oxygen atoms in total. The van der Waals surface area contributed by atoms with Crippen molar-refractivity contribution in [3.63, 3.8) is 0 Å². The Bertz CT molecular complexity index is 981. The standard InChI is InChI=1S/C22H22O4/c1-13-5-8-19-18(12-25-20(19)9-13)11-21(23)26-16(4)22(24)17-7-6-14(2)15(3)10-17/h5-10,12,16H,11H2,1-4H3/t16-/m1/s1. The molecule has 0 aliphatic rings. The van der Waals surface area contributed by atoms with Crippen LogP contribution in [-0.2, 0) is 16.0 Å². The van der Waals surface area contributed by atoms with Crippen molar-refractivity contribution in [3.05, 3.63) is 70.5 Å². The molecule has 0 aliphatic carbocycles. The van der Waals surface area contributed by atoms with Gasteiger partial charge in [0.05, 0.1) is 12.7 Å². The number of hydrogen-bond acceptors (Lipinski definition) is 4.